The maximum atomic E-state index is 11.5. The Bertz CT molecular complexity index is 310. The van der Waals surface area contributed by atoms with E-state index in [-0.39, 0.29) is 0 Å². The van der Waals surface area contributed by atoms with Gasteiger partial charge in [-0.05, 0) is 47.3 Å². The molecule has 2 rings (SSSR count). The van der Waals surface area contributed by atoms with Crippen LogP contribution in [0.2, 0.25) is 0 Å². The Hall–Kier alpha value is 0.300. The fraction of sp³-hybridized carbons (Fsp3) is 1.00. The second-order valence-electron chi connectivity index (χ2n) is 4.95. The lowest BCUT2D eigenvalue weighted by Gasteiger charge is -2.40. The van der Waals surface area contributed by atoms with Crippen LogP contribution in [0.1, 0.15) is 26.7 Å². The van der Waals surface area contributed by atoms with Crippen molar-refractivity contribution in [1.29, 1.82) is 0 Å². The third-order valence-electron chi connectivity index (χ3n) is 3.87. The second-order valence-corrected chi connectivity index (χ2v) is 9.20. The summed E-state index contributed by atoms with van der Waals surface area (Å²) in [7, 11) is -1.60. The molecule has 82 valence electrons. The number of hydrogen-bond acceptors (Lipinski definition) is 3. The Labute approximate surface area is 90.2 Å². The molecule has 4 atom stereocenters. The van der Waals surface area contributed by atoms with Crippen LogP contribution in [-0.4, -0.2) is 19.9 Å². The highest BCUT2D eigenvalue weighted by Gasteiger charge is 2.39. The van der Waals surface area contributed by atoms with Gasteiger partial charge in [0, 0.05) is 5.75 Å². The van der Waals surface area contributed by atoms with Gasteiger partial charge in [0.2, 0.25) is 8.87 Å². The molecule has 2 nitrogen and oxygen atoms in total. The molecule has 0 bridgehead atoms. The molecule has 4 heteroatoms. The average Bonchev–Trinajstić information content (AvgIpc) is 2.07. The lowest BCUT2D eigenvalue weighted by Crippen LogP contribution is -2.37. The van der Waals surface area contributed by atoms with Crippen LogP contribution in [0.15, 0.2) is 0 Å². The molecule has 2 unspecified atom stereocenters. The maximum absolute atomic E-state index is 11.5. The van der Waals surface area contributed by atoms with E-state index in [1.807, 2.05) is 0 Å². The van der Waals surface area contributed by atoms with Crippen LogP contribution in [0.5, 0.6) is 0 Å². The van der Waals surface area contributed by atoms with Gasteiger partial charge in [0.1, 0.15) is 0 Å². The molecule has 2 aliphatic rings. The van der Waals surface area contributed by atoms with Gasteiger partial charge in [0.25, 0.3) is 0 Å². The average molecular weight is 234 g/mol. The Morgan fingerprint density at radius 2 is 1.64 bits per heavy atom. The molecule has 0 amide bonds. The van der Waals surface area contributed by atoms with Crippen LogP contribution in [-0.2, 0) is 8.87 Å². The molecule has 0 aromatic carbocycles. The van der Waals surface area contributed by atoms with Gasteiger partial charge >= 0.3 is 0 Å². The zero-order chi connectivity index (χ0) is 10.3. The summed E-state index contributed by atoms with van der Waals surface area (Å²) in [5.41, 5.74) is 0. The third-order valence-corrected chi connectivity index (χ3v) is 7.52. The van der Waals surface area contributed by atoms with Gasteiger partial charge in [-0.25, -0.2) is 8.42 Å². The minimum atomic E-state index is -2.78. The normalized spacial score (nSPS) is 47.0. The van der Waals surface area contributed by atoms with E-state index in [9.17, 15) is 8.42 Å². The largest absolute Gasteiger partial charge is 0.217 e. The van der Waals surface area contributed by atoms with Crippen LogP contribution in [0.25, 0.3) is 0 Å². The Morgan fingerprint density at radius 3 is 2.29 bits per heavy atom. The van der Waals surface area contributed by atoms with E-state index in [1.165, 1.54) is 17.2 Å². The molecule has 1 saturated heterocycles. The van der Waals surface area contributed by atoms with Gasteiger partial charge in [0.15, 0.2) is 0 Å². The quantitative estimate of drug-likeness (QED) is 0.603. The van der Waals surface area contributed by atoms with Crippen molar-refractivity contribution < 1.29 is 8.42 Å². The molecule has 0 radical (unpaired) electrons. The minimum Gasteiger partial charge on any atom is -0.217 e. The van der Waals surface area contributed by atoms with E-state index in [0.717, 1.165) is 18.1 Å². The molecule has 0 spiro atoms. The third kappa shape index (κ3) is 2.11. The fourth-order valence-electron chi connectivity index (χ4n) is 2.71. The van der Waals surface area contributed by atoms with E-state index in [2.05, 4.69) is 13.8 Å². The van der Waals surface area contributed by atoms with Crippen LogP contribution < -0.4 is 0 Å². The van der Waals surface area contributed by atoms with E-state index < -0.39 is 8.87 Å². The molecule has 0 N–H and O–H groups in total. The lowest BCUT2D eigenvalue weighted by molar-refractivity contribution is 0.160. The Kier molecular flexibility index (Phi) is 2.86. The Morgan fingerprint density at radius 1 is 1.07 bits per heavy atom. The summed E-state index contributed by atoms with van der Waals surface area (Å²) in [6.07, 6.45) is 2.35. The van der Waals surface area contributed by atoms with Gasteiger partial charge in [0.05, 0.1) is 5.75 Å². The molecule has 1 heterocycles. The smallest absolute Gasteiger partial charge is 0.201 e. The van der Waals surface area contributed by atoms with E-state index in [1.54, 1.807) is 0 Å². The predicted octanol–water partition coefficient (Wildman–Crippen LogP) is 2.36. The van der Waals surface area contributed by atoms with E-state index in [0.29, 0.717) is 23.5 Å². The zero-order valence-electron chi connectivity index (χ0n) is 8.77. The molecule has 2 fully saturated rings. The summed E-state index contributed by atoms with van der Waals surface area (Å²) in [6, 6.07) is 0. The maximum Gasteiger partial charge on any atom is 0.201 e. The molecule has 1 aliphatic carbocycles. The molecule has 0 aromatic heterocycles. The first-order valence-corrected chi connectivity index (χ1v) is 8.50. The number of hydrogen-bond donors (Lipinski definition) is 0. The summed E-state index contributed by atoms with van der Waals surface area (Å²) in [4.78, 5) is 0. The van der Waals surface area contributed by atoms with Crippen molar-refractivity contribution in [1.82, 2.24) is 0 Å². The van der Waals surface area contributed by atoms with Crippen molar-refractivity contribution in [3.05, 3.63) is 0 Å². The van der Waals surface area contributed by atoms with Crippen molar-refractivity contribution in [3.8, 4) is 0 Å². The van der Waals surface area contributed by atoms with E-state index >= 15 is 0 Å². The van der Waals surface area contributed by atoms with Crippen LogP contribution in [0.4, 0.5) is 0 Å². The summed E-state index contributed by atoms with van der Waals surface area (Å²) in [5, 5.41) is 0. The molecule has 0 aromatic rings. The first-order chi connectivity index (χ1) is 6.48. The monoisotopic (exact) mass is 234 g/mol. The first-order valence-electron chi connectivity index (χ1n) is 5.35. The van der Waals surface area contributed by atoms with Crippen molar-refractivity contribution >= 4 is 19.7 Å². The SMILES string of the molecule is C[C@@H]1CC2CS(=O)(=O)SCC2C[C@@H]1C. The van der Waals surface area contributed by atoms with Crippen LogP contribution in [0, 0.1) is 23.7 Å². The summed E-state index contributed by atoms with van der Waals surface area (Å²) in [5.74, 6) is 3.86. The fourth-order valence-corrected chi connectivity index (χ4v) is 6.49. The van der Waals surface area contributed by atoms with Gasteiger partial charge in [-0.1, -0.05) is 13.8 Å². The zero-order valence-corrected chi connectivity index (χ0v) is 10.4. The minimum absolute atomic E-state index is 0.430. The molecule has 14 heavy (non-hydrogen) atoms. The number of rotatable bonds is 0. The summed E-state index contributed by atoms with van der Waals surface area (Å²) >= 11 is 0. The summed E-state index contributed by atoms with van der Waals surface area (Å²) < 4.78 is 22.9. The Balaban J connectivity index is 2.09. The highest BCUT2D eigenvalue weighted by molar-refractivity contribution is 8.72. The molecular weight excluding hydrogens is 216 g/mol. The van der Waals surface area contributed by atoms with E-state index in [4.69, 9.17) is 0 Å². The number of fused-ring (bicyclic) bond motifs is 1. The van der Waals surface area contributed by atoms with Crippen molar-refractivity contribution in [2.24, 2.45) is 23.7 Å². The van der Waals surface area contributed by atoms with Crippen LogP contribution in [0.3, 0.4) is 0 Å². The van der Waals surface area contributed by atoms with Crippen LogP contribution >= 0.6 is 10.8 Å². The second kappa shape index (κ2) is 3.71. The molecular formula is C10H18O2S2. The molecule has 1 saturated carbocycles. The van der Waals surface area contributed by atoms with Gasteiger partial charge in [-0.15, -0.1) is 0 Å². The van der Waals surface area contributed by atoms with Gasteiger partial charge in [-0.3, -0.25) is 0 Å². The van der Waals surface area contributed by atoms with Crippen molar-refractivity contribution in [3.63, 3.8) is 0 Å². The highest BCUT2D eigenvalue weighted by atomic mass is 33.1. The first kappa shape index (κ1) is 10.8. The standard InChI is InChI=1S/C10H18O2S2/c1-7-3-9-5-13-14(11,12)6-10(9)4-8(7)2/h7-10H,3-6H2,1-2H3/t7-,8+,9?,10?/m0/s1. The predicted molar refractivity (Wildman–Crippen MR) is 60.8 cm³/mol. The van der Waals surface area contributed by atoms with Gasteiger partial charge < -0.3 is 0 Å². The molecule has 1 aliphatic heterocycles. The van der Waals surface area contributed by atoms with Crippen molar-refractivity contribution in [2.75, 3.05) is 11.5 Å². The van der Waals surface area contributed by atoms with Crippen molar-refractivity contribution in [2.45, 2.75) is 26.7 Å². The van der Waals surface area contributed by atoms with Gasteiger partial charge in [-0.2, -0.15) is 0 Å². The highest BCUT2D eigenvalue weighted by Crippen LogP contribution is 2.44. The lowest BCUT2D eigenvalue weighted by atomic mass is 9.71. The summed E-state index contributed by atoms with van der Waals surface area (Å²) in [6.45, 7) is 4.56. The topological polar surface area (TPSA) is 34.1 Å².